The Morgan fingerprint density at radius 3 is 1.96 bits per heavy atom. The fraction of sp³-hybridized carbons (Fsp3) is 0.905. The van der Waals surface area contributed by atoms with Gasteiger partial charge in [0.2, 0.25) is 0 Å². The molecule has 50 heavy (non-hydrogen) atoms. The third-order valence-corrected chi connectivity index (χ3v) is 16.7. The molecule has 8 bridgehead atoms. The van der Waals surface area contributed by atoms with E-state index in [2.05, 4.69) is 20.8 Å². The van der Waals surface area contributed by atoms with Gasteiger partial charge in [-0.25, -0.2) is 0 Å². The molecule has 8 nitrogen and oxygen atoms in total. The molecule has 8 aliphatic carbocycles. The molecule has 0 radical (unpaired) electrons. The maximum Gasteiger partial charge on any atom is 0.320 e. The predicted octanol–water partition coefficient (Wildman–Crippen LogP) is 7.01. The van der Waals surface area contributed by atoms with E-state index < -0.39 is 23.4 Å². The van der Waals surface area contributed by atoms with Crippen molar-refractivity contribution in [3.8, 4) is 0 Å². The van der Waals surface area contributed by atoms with Gasteiger partial charge >= 0.3 is 23.9 Å². The Balaban J connectivity index is 0.991. The van der Waals surface area contributed by atoms with E-state index >= 15 is 0 Å². The molecule has 10 fully saturated rings. The van der Waals surface area contributed by atoms with Gasteiger partial charge in [0.05, 0.1) is 29.8 Å². The van der Waals surface area contributed by atoms with Crippen molar-refractivity contribution < 1.29 is 38.1 Å². The molecule has 2 saturated heterocycles. The van der Waals surface area contributed by atoms with Crippen molar-refractivity contribution in [1.82, 2.24) is 0 Å². The summed E-state index contributed by atoms with van der Waals surface area (Å²) in [6, 6.07) is 0. The summed E-state index contributed by atoms with van der Waals surface area (Å²) in [6.07, 6.45) is 11.2. The number of carbonyl (C=O) groups excluding carboxylic acids is 4. The molecule has 10 aliphatic rings. The van der Waals surface area contributed by atoms with Crippen molar-refractivity contribution >= 4 is 23.9 Å². The highest BCUT2D eigenvalue weighted by molar-refractivity contribution is 5.97. The number of carbonyl (C=O) groups is 4. The van der Waals surface area contributed by atoms with Crippen LogP contribution in [-0.2, 0) is 38.1 Å². The molecule has 14 unspecified atom stereocenters. The van der Waals surface area contributed by atoms with E-state index in [9.17, 15) is 19.2 Å². The van der Waals surface area contributed by atoms with Crippen LogP contribution in [0.1, 0.15) is 112 Å². The summed E-state index contributed by atoms with van der Waals surface area (Å²) in [7, 11) is 0. The number of fused-ring (bicyclic) bond motifs is 4. The van der Waals surface area contributed by atoms with E-state index in [1.807, 2.05) is 20.8 Å². The minimum Gasteiger partial charge on any atom is -0.460 e. The van der Waals surface area contributed by atoms with Crippen LogP contribution in [0.25, 0.3) is 0 Å². The first kappa shape index (κ1) is 33.8. The predicted molar refractivity (Wildman–Crippen MR) is 183 cm³/mol. The zero-order valence-corrected chi connectivity index (χ0v) is 31.1. The van der Waals surface area contributed by atoms with Gasteiger partial charge in [0.25, 0.3) is 0 Å². The maximum atomic E-state index is 14.2. The highest BCUT2D eigenvalue weighted by atomic mass is 16.6. The number of rotatable bonds is 6. The van der Waals surface area contributed by atoms with Crippen LogP contribution in [0, 0.1) is 101 Å². The number of hydrogen-bond donors (Lipinski definition) is 0. The van der Waals surface area contributed by atoms with Gasteiger partial charge in [0.15, 0.2) is 0 Å². The van der Waals surface area contributed by atoms with Gasteiger partial charge in [0.1, 0.15) is 11.2 Å². The lowest BCUT2D eigenvalue weighted by Gasteiger charge is -2.59. The van der Waals surface area contributed by atoms with Gasteiger partial charge in [-0.1, -0.05) is 13.8 Å². The largest absolute Gasteiger partial charge is 0.460 e. The van der Waals surface area contributed by atoms with Crippen LogP contribution in [0.15, 0.2) is 0 Å². The van der Waals surface area contributed by atoms with E-state index in [0.717, 1.165) is 43.9 Å². The first-order chi connectivity index (χ1) is 23.7. The van der Waals surface area contributed by atoms with Crippen LogP contribution >= 0.6 is 0 Å². The van der Waals surface area contributed by atoms with Crippen molar-refractivity contribution in [2.24, 2.45) is 101 Å². The van der Waals surface area contributed by atoms with Crippen molar-refractivity contribution in [1.29, 1.82) is 0 Å². The fourth-order valence-corrected chi connectivity index (χ4v) is 15.1. The summed E-state index contributed by atoms with van der Waals surface area (Å²) < 4.78 is 24.5. The van der Waals surface area contributed by atoms with Gasteiger partial charge in [-0.15, -0.1) is 0 Å². The molecule has 8 saturated carbocycles. The Kier molecular flexibility index (Phi) is 7.97. The van der Waals surface area contributed by atoms with Crippen LogP contribution in [0.5, 0.6) is 0 Å². The van der Waals surface area contributed by atoms with Crippen molar-refractivity contribution in [3.05, 3.63) is 0 Å². The summed E-state index contributed by atoms with van der Waals surface area (Å²) in [4.78, 5) is 55.3. The van der Waals surface area contributed by atoms with Gasteiger partial charge in [-0.05, 0) is 175 Å². The van der Waals surface area contributed by atoms with Gasteiger partial charge in [-0.3, -0.25) is 19.2 Å². The second-order valence-corrected chi connectivity index (χ2v) is 20.3. The fourth-order valence-electron chi connectivity index (χ4n) is 15.1. The van der Waals surface area contributed by atoms with Crippen LogP contribution in [0.3, 0.4) is 0 Å². The summed E-state index contributed by atoms with van der Waals surface area (Å²) in [5.41, 5.74) is -0.899. The zero-order valence-electron chi connectivity index (χ0n) is 31.1. The van der Waals surface area contributed by atoms with Crippen molar-refractivity contribution in [3.63, 3.8) is 0 Å². The van der Waals surface area contributed by atoms with Gasteiger partial charge in [-0.2, -0.15) is 0 Å². The summed E-state index contributed by atoms with van der Waals surface area (Å²) in [5.74, 6) is 1.92. The van der Waals surface area contributed by atoms with E-state index in [-0.39, 0.29) is 88.8 Å². The first-order valence-corrected chi connectivity index (χ1v) is 20.5. The smallest absolute Gasteiger partial charge is 0.320 e. The molecule has 0 spiro atoms. The van der Waals surface area contributed by atoms with E-state index in [0.29, 0.717) is 30.8 Å². The summed E-state index contributed by atoms with van der Waals surface area (Å²) in [5, 5.41) is 0. The van der Waals surface area contributed by atoms with E-state index in [1.54, 1.807) is 0 Å². The summed E-state index contributed by atoms with van der Waals surface area (Å²) >= 11 is 0. The monoisotopic (exact) mass is 692 g/mol. The second-order valence-electron chi connectivity index (χ2n) is 20.3. The minimum atomic E-state index is -0.594. The van der Waals surface area contributed by atoms with Crippen LogP contribution in [0.2, 0.25) is 0 Å². The van der Waals surface area contributed by atoms with Crippen LogP contribution in [-0.4, -0.2) is 47.8 Å². The van der Waals surface area contributed by atoms with E-state index in [1.165, 1.54) is 32.1 Å². The molecule has 2 heterocycles. The highest BCUT2D eigenvalue weighted by Crippen LogP contribution is 2.69. The normalized spacial score (nSPS) is 53.2. The lowest BCUT2D eigenvalue weighted by atomic mass is 9.50. The highest BCUT2D eigenvalue weighted by Gasteiger charge is 2.69. The minimum absolute atomic E-state index is 0.0300. The Labute approximate surface area is 298 Å². The molecule has 0 aromatic carbocycles. The molecular weight excluding hydrogens is 632 g/mol. The molecule has 276 valence electrons. The third-order valence-electron chi connectivity index (χ3n) is 16.7. The Morgan fingerprint density at radius 2 is 1.34 bits per heavy atom. The van der Waals surface area contributed by atoms with Gasteiger partial charge < -0.3 is 18.9 Å². The molecule has 2 aliphatic heterocycles. The van der Waals surface area contributed by atoms with Crippen LogP contribution in [0.4, 0.5) is 0 Å². The molecular formula is C42H60O8. The number of esters is 4. The molecule has 14 atom stereocenters. The molecule has 0 amide bonds. The first-order valence-electron chi connectivity index (χ1n) is 20.5. The average Bonchev–Trinajstić information content (AvgIpc) is 3.85. The standard InChI is InChI=1S/C42H60O8/c1-19-8-7-9-47-36(19)35-34(39(45)48-40(35)46)32-24-16-28(30(18-24)37(43)49-41(3,4)5)33(32)31-20(2)27-15-23(31)17-29(27)38(44)50-42(6)25-11-21-10-22(13-25)14-26(42)12-21/h19-36H,7-18H2,1-6H3. The third kappa shape index (κ3) is 5.12. The lowest BCUT2D eigenvalue weighted by molar-refractivity contribution is -0.209. The Bertz CT molecular complexity index is 1400. The Hall–Kier alpha value is -1.96. The zero-order chi connectivity index (χ0) is 35.0. The van der Waals surface area contributed by atoms with Gasteiger partial charge in [0, 0.05) is 6.61 Å². The molecule has 0 N–H and O–H groups in total. The maximum absolute atomic E-state index is 14.2. The number of hydrogen-bond acceptors (Lipinski definition) is 8. The van der Waals surface area contributed by atoms with Crippen molar-refractivity contribution in [2.45, 2.75) is 129 Å². The SMILES string of the molecule is CC1CCCOC1C1C(=O)OC(=O)C1C1C2CC(C(=O)OC(C)(C)C)C(C2)C1C1C2CC(C(=O)OC3(C)C4CC5CC(C4)CC3C5)C(C2)C1C. The molecule has 10 rings (SSSR count). The molecule has 8 heteroatoms. The van der Waals surface area contributed by atoms with Crippen LogP contribution < -0.4 is 0 Å². The summed E-state index contributed by atoms with van der Waals surface area (Å²) in [6.45, 7) is 13.1. The van der Waals surface area contributed by atoms with E-state index in [4.69, 9.17) is 18.9 Å². The Morgan fingerprint density at radius 1 is 0.740 bits per heavy atom. The second kappa shape index (κ2) is 11.8. The quantitative estimate of drug-likeness (QED) is 0.166. The van der Waals surface area contributed by atoms with Crippen molar-refractivity contribution in [2.75, 3.05) is 6.61 Å². The average molecular weight is 693 g/mol. The lowest BCUT2D eigenvalue weighted by Crippen LogP contribution is -2.58. The molecule has 0 aromatic rings. The number of cyclic esters (lactones) is 2. The number of ether oxygens (including phenoxy) is 4. The molecule has 0 aromatic heterocycles. The topological polar surface area (TPSA) is 105 Å².